The fraction of sp³-hybridized carbons (Fsp3) is 0.462. The first kappa shape index (κ1) is 15.5. The van der Waals surface area contributed by atoms with Crippen LogP contribution in [0.25, 0.3) is 0 Å². The van der Waals surface area contributed by atoms with Gasteiger partial charge in [-0.25, -0.2) is 8.42 Å². The fourth-order valence-electron chi connectivity index (χ4n) is 1.76. The molecule has 0 aromatic heterocycles. The molecule has 0 radical (unpaired) electrons. The Balaban J connectivity index is 3.02. The summed E-state index contributed by atoms with van der Waals surface area (Å²) < 4.78 is 26.1. The van der Waals surface area contributed by atoms with E-state index in [4.69, 9.17) is 11.1 Å². The number of hydrogen-bond acceptors (Lipinski definition) is 3. The SMILES string of the molecule is CC(C)CS(=O)(=O)N(CCC(=N)N)c1ccccc1. The Kier molecular flexibility index (Phi) is 5.35. The topological polar surface area (TPSA) is 87.2 Å². The number of hydrogen-bond donors (Lipinski definition) is 2. The first-order valence-electron chi connectivity index (χ1n) is 6.21. The van der Waals surface area contributed by atoms with Crippen LogP contribution in [-0.2, 0) is 10.0 Å². The molecule has 0 aliphatic heterocycles. The van der Waals surface area contributed by atoms with Crippen molar-refractivity contribution in [1.29, 1.82) is 5.41 Å². The molecule has 0 aliphatic carbocycles. The summed E-state index contributed by atoms with van der Waals surface area (Å²) in [5.74, 6) is 0.119. The van der Waals surface area contributed by atoms with E-state index in [1.54, 1.807) is 24.3 Å². The van der Waals surface area contributed by atoms with Crippen LogP contribution in [0, 0.1) is 11.3 Å². The van der Waals surface area contributed by atoms with Crippen molar-refractivity contribution < 1.29 is 8.42 Å². The summed E-state index contributed by atoms with van der Waals surface area (Å²) in [4.78, 5) is 0. The number of benzene rings is 1. The number of rotatable bonds is 7. The highest BCUT2D eigenvalue weighted by molar-refractivity contribution is 7.92. The van der Waals surface area contributed by atoms with Crippen molar-refractivity contribution in [2.24, 2.45) is 11.7 Å². The molecule has 0 unspecified atom stereocenters. The minimum Gasteiger partial charge on any atom is -0.388 e. The van der Waals surface area contributed by atoms with E-state index in [2.05, 4.69) is 0 Å². The van der Waals surface area contributed by atoms with Gasteiger partial charge >= 0.3 is 0 Å². The minimum absolute atomic E-state index is 0.0133. The molecule has 5 nitrogen and oxygen atoms in total. The summed E-state index contributed by atoms with van der Waals surface area (Å²) in [6.45, 7) is 3.94. The number of nitrogens with zero attached hydrogens (tertiary/aromatic N) is 1. The molecule has 1 aromatic rings. The zero-order chi connectivity index (χ0) is 14.5. The summed E-state index contributed by atoms with van der Waals surface area (Å²) in [6, 6.07) is 8.92. The number of nitrogens with two attached hydrogens (primary N) is 1. The van der Waals surface area contributed by atoms with Gasteiger partial charge in [0.2, 0.25) is 10.0 Å². The predicted octanol–water partition coefficient (Wildman–Crippen LogP) is 1.80. The number of nitrogens with one attached hydrogen (secondary N) is 1. The highest BCUT2D eigenvalue weighted by atomic mass is 32.2. The van der Waals surface area contributed by atoms with Crippen LogP contribution < -0.4 is 10.0 Å². The van der Waals surface area contributed by atoms with Crippen molar-refractivity contribution in [3.05, 3.63) is 30.3 Å². The van der Waals surface area contributed by atoms with Gasteiger partial charge in [-0.05, 0) is 18.1 Å². The molecule has 0 bridgehead atoms. The second-order valence-electron chi connectivity index (χ2n) is 4.86. The van der Waals surface area contributed by atoms with Gasteiger partial charge in [-0.2, -0.15) is 0 Å². The third kappa shape index (κ3) is 4.90. The maximum Gasteiger partial charge on any atom is 0.235 e. The molecule has 0 spiro atoms. The van der Waals surface area contributed by atoms with E-state index in [0.717, 1.165) is 0 Å². The molecular formula is C13H21N3O2S. The molecule has 0 fully saturated rings. The molecule has 0 saturated carbocycles. The minimum atomic E-state index is -3.39. The number of anilines is 1. The average Bonchev–Trinajstić information content (AvgIpc) is 2.28. The Bertz CT molecular complexity index is 512. The van der Waals surface area contributed by atoms with Crippen LogP contribution in [0.1, 0.15) is 20.3 Å². The van der Waals surface area contributed by atoms with Crippen molar-refractivity contribution >= 4 is 21.5 Å². The van der Waals surface area contributed by atoms with Crippen LogP contribution in [0.3, 0.4) is 0 Å². The predicted molar refractivity (Wildman–Crippen MR) is 78.9 cm³/mol. The lowest BCUT2D eigenvalue weighted by Gasteiger charge is -2.25. The van der Waals surface area contributed by atoms with E-state index in [1.165, 1.54) is 4.31 Å². The fourth-order valence-corrected chi connectivity index (χ4v) is 3.59. The highest BCUT2D eigenvalue weighted by Gasteiger charge is 2.23. The van der Waals surface area contributed by atoms with Crippen LogP contribution in [0.5, 0.6) is 0 Å². The molecule has 0 saturated heterocycles. The Labute approximate surface area is 115 Å². The van der Waals surface area contributed by atoms with E-state index in [1.807, 2.05) is 19.9 Å². The monoisotopic (exact) mass is 283 g/mol. The lowest BCUT2D eigenvalue weighted by Crippen LogP contribution is -2.36. The molecule has 106 valence electrons. The highest BCUT2D eigenvalue weighted by Crippen LogP contribution is 2.19. The first-order chi connectivity index (χ1) is 8.83. The van der Waals surface area contributed by atoms with Gasteiger partial charge in [0.15, 0.2) is 0 Å². The quantitative estimate of drug-likeness (QED) is 0.591. The second-order valence-corrected chi connectivity index (χ2v) is 6.79. The second kappa shape index (κ2) is 6.56. The van der Waals surface area contributed by atoms with Gasteiger partial charge in [0, 0.05) is 13.0 Å². The number of para-hydroxylation sites is 1. The summed E-state index contributed by atoms with van der Waals surface area (Å²) in [6.07, 6.45) is 0.228. The maximum atomic E-state index is 12.4. The van der Waals surface area contributed by atoms with Gasteiger partial charge in [-0.3, -0.25) is 9.71 Å². The molecule has 0 heterocycles. The lowest BCUT2D eigenvalue weighted by molar-refractivity contribution is 0.577. The zero-order valence-electron chi connectivity index (χ0n) is 11.3. The van der Waals surface area contributed by atoms with Crippen molar-refractivity contribution in [3.8, 4) is 0 Å². The lowest BCUT2D eigenvalue weighted by atomic mass is 10.3. The third-order valence-corrected chi connectivity index (χ3v) is 4.66. The average molecular weight is 283 g/mol. The van der Waals surface area contributed by atoms with Crippen LogP contribution in [0.15, 0.2) is 30.3 Å². The molecule has 1 aromatic carbocycles. The van der Waals surface area contributed by atoms with Crippen LogP contribution >= 0.6 is 0 Å². The van der Waals surface area contributed by atoms with Gasteiger partial charge in [-0.1, -0.05) is 32.0 Å². The van der Waals surface area contributed by atoms with Crippen LogP contribution in [0.4, 0.5) is 5.69 Å². The van der Waals surface area contributed by atoms with Crippen molar-refractivity contribution in [2.45, 2.75) is 20.3 Å². The standard InChI is InChI=1S/C13H21N3O2S/c1-11(2)10-19(17,18)16(9-8-13(14)15)12-6-4-3-5-7-12/h3-7,11H,8-10H2,1-2H3,(H3,14,15). The van der Waals surface area contributed by atoms with Gasteiger partial charge in [0.25, 0.3) is 0 Å². The zero-order valence-corrected chi connectivity index (χ0v) is 12.2. The van der Waals surface area contributed by atoms with E-state index >= 15 is 0 Å². The Morgan fingerprint density at radius 2 is 1.89 bits per heavy atom. The molecule has 3 N–H and O–H groups in total. The smallest absolute Gasteiger partial charge is 0.235 e. The van der Waals surface area contributed by atoms with Crippen LogP contribution in [-0.4, -0.2) is 26.6 Å². The number of amidine groups is 1. The molecule has 19 heavy (non-hydrogen) atoms. The Morgan fingerprint density at radius 3 is 2.37 bits per heavy atom. The van der Waals surface area contributed by atoms with E-state index in [0.29, 0.717) is 5.69 Å². The summed E-state index contributed by atoms with van der Waals surface area (Å²) in [5.41, 5.74) is 5.94. The van der Waals surface area contributed by atoms with E-state index in [9.17, 15) is 8.42 Å². The first-order valence-corrected chi connectivity index (χ1v) is 7.82. The Hall–Kier alpha value is -1.56. The molecular weight excluding hydrogens is 262 g/mol. The van der Waals surface area contributed by atoms with E-state index < -0.39 is 10.0 Å². The Morgan fingerprint density at radius 1 is 1.32 bits per heavy atom. The normalized spacial score (nSPS) is 11.5. The van der Waals surface area contributed by atoms with Crippen molar-refractivity contribution in [3.63, 3.8) is 0 Å². The molecule has 0 atom stereocenters. The largest absolute Gasteiger partial charge is 0.388 e. The van der Waals surface area contributed by atoms with Crippen molar-refractivity contribution in [2.75, 3.05) is 16.6 Å². The summed E-state index contributed by atoms with van der Waals surface area (Å²) in [7, 11) is -3.39. The summed E-state index contributed by atoms with van der Waals surface area (Å²) >= 11 is 0. The van der Waals surface area contributed by atoms with Crippen LogP contribution in [0.2, 0.25) is 0 Å². The van der Waals surface area contributed by atoms with Gasteiger partial charge in [-0.15, -0.1) is 0 Å². The molecule has 6 heteroatoms. The van der Waals surface area contributed by atoms with Gasteiger partial charge in [0.1, 0.15) is 0 Å². The molecule has 0 aliphatic rings. The maximum absolute atomic E-state index is 12.4. The van der Waals surface area contributed by atoms with Crippen molar-refractivity contribution in [1.82, 2.24) is 0 Å². The van der Waals surface area contributed by atoms with E-state index in [-0.39, 0.29) is 30.5 Å². The third-order valence-electron chi connectivity index (χ3n) is 2.51. The molecule has 1 rings (SSSR count). The van der Waals surface area contributed by atoms with Gasteiger partial charge < -0.3 is 5.73 Å². The van der Waals surface area contributed by atoms with Gasteiger partial charge in [0.05, 0.1) is 17.3 Å². The number of sulfonamides is 1. The summed E-state index contributed by atoms with van der Waals surface area (Å²) in [5, 5.41) is 7.25. The molecule has 0 amide bonds.